The van der Waals surface area contributed by atoms with Gasteiger partial charge in [-0.2, -0.15) is 0 Å². The van der Waals surface area contributed by atoms with Gasteiger partial charge in [-0.1, -0.05) is 12.1 Å². The number of benzene rings is 1. The van der Waals surface area contributed by atoms with Crippen LogP contribution < -0.4 is 5.32 Å². The SMILES string of the molecule is O=C(O)c1ccccc1Nc1ncc[nH]1. The third-order valence-electron chi connectivity index (χ3n) is 1.91. The smallest absolute Gasteiger partial charge is 0.337 e. The summed E-state index contributed by atoms with van der Waals surface area (Å²) in [6, 6.07) is 6.66. The lowest BCUT2D eigenvalue weighted by Crippen LogP contribution is -2.02. The summed E-state index contributed by atoms with van der Waals surface area (Å²) in [6.07, 6.45) is 3.25. The Bertz CT molecular complexity index is 465. The summed E-state index contributed by atoms with van der Waals surface area (Å²) >= 11 is 0. The predicted octanol–water partition coefficient (Wildman–Crippen LogP) is 1.85. The lowest BCUT2D eigenvalue weighted by molar-refractivity contribution is 0.0698. The van der Waals surface area contributed by atoms with Gasteiger partial charge in [0.2, 0.25) is 5.95 Å². The lowest BCUT2D eigenvalue weighted by Gasteiger charge is -2.05. The molecule has 0 spiro atoms. The Labute approximate surface area is 85.8 Å². The van der Waals surface area contributed by atoms with Crippen molar-refractivity contribution in [2.45, 2.75) is 0 Å². The molecule has 0 amide bonds. The molecular weight excluding hydrogens is 194 g/mol. The molecule has 0 bridgehead atoms. The topological polar surface area (TPSA) is 78.0 Å². The molecule has 76 valence electrons. The Hall–Kier alpha value is -2.30. The maximum absolute atomic E-state index is 10.9. The minimum absolute atomic E-state index is 0.217. The average molecular weight is 203 g/mol. The van der Waals surface area contributed by atoms with Gasteiger partial charge in [0.15, 0.2) is 0 Å². The highest BCUT2D eigenvalue weighted by molar-refractivity contribution is 5.94. The van der Waals surface area contributed by atoms with E-state index in [1.165, 1.54) is 6.07 Å². The molecule has 1 heterocycles. The summed E-state index contributed by atoms with van der Waals surface area (Å²) in [5.74, 6) is -0.451. The highest BCUT2D eigenvalue weighted by Crippen LogP contribution is 2.17. The molecule has 0 unspecified atom stereocenters. The highest BCUT2D eigenvalue weighted by Gasteiger charge is 2.09. The van der Waals surface area contributed by atoms with Crippen molar-refractivity contribution in [2.75, 3.05) is 5.32 Å². The van der Waals surface area contributed by atoms with Crippen molar-refractivity contribution in [2.24, 2.45) is 0 Å². The summed E-state index contributed by atoms with van der Waals surface area (Å²) in [5, 5.41) is 11.8. The van der Waals surface area contributed by atoms with E-state index in [0.717, 1.165) is 0 Å². The minimum Gasteiger partial charge on any atom is -0.478 e. The van der Waals surface area contributed by atoms with Crippen LogP contribution in [0.3, 0.4) is 0 Å². The molecule has 5 nitrogen and oxygen atoms in total. The first-order valence-corrected chi connectivity index (χ1v) is 4.36. The van der Waals surface area contributed by atoms with E-state index < -0.39 is 5.97 Å². The van der Waals surface area contributed by atoms with Crippen LogP contribution in [0.25, 0.3) is 0 Å². The van der Waals surface area contributed by atoms with Crippen LogP contribution in [0, 0.1) is 0 Å². The van der Waals surface area contributed by atoms with Crippen molar-refractivity contribution in [3.63, 3.8) is 0 Å². The molecule has 2 aromatic rings. The zero-order valence-corrected chi connectivity index (χ0v) is 7.77. The van der Waals surface area contributed by atoms with E-state index in [1.807, 2.05) is 0 Å². The number of aromatic nitrogens is 2. The van der Waals surface area contributed by atoms with Crippen LogP contribution in [-0.4, -0.2) is 21.0 Å². The maximum Gasteiger partial charge on any atom is 0.337 e. The number of carbonyl (C=O) groups is 1. The predicted molar refractivity (Wildman–Crippen MR) is 55.3 cm³/mol. The molecule has 0 fully saturated rings. The zero-order valence-electron chi connectivity index (χ0n) is 7.77. The molecule has 0 aliphatic carbocycles. The molecule has 0 saturated carbocycles. The first-order chi connectivity index (χ1) is 7.27. The number of nitrogens with one attached hydrogen (secondary N) is 2. The number of aromatic carboxylic acids is 1. The van der Waals surface area contributed by atoms with Crippen molar-refractivity contribution in [1.29, 1.82) is 0 Å². The molecule has 0 aliphatic heterocycles. The van der Waals surface area contributed by atoms with Crippen molar-refractivity contribution in [3.8, 4) is 0 Å². The molecule has 1 aromatic heterocycles. The minimum atomic E-state index is -0.968. The summed E-state index contributed by atoms with van der Waals surface area (Å²) < 4.78 is 0. The zero-order chi connectivity index (χ0) is 10.7. The van der Waals surface area contributed by atoms with Gasteiger partial charge in [-0.25, -0.2) is 9.78 Å². The lowest BCUT2D eigenvalue weighted by atomic mass is 10.2. The van der Waals surface area contributed by atoms with Gasteiger partial charge in [0.05, 0.1) is 11.3 Å². The molecule has 1 aromatic carbocycles. The van der Waals surface area contributed by atoms with Crippen molar-refractivity contribution in [3.05, 3.63) is 42.2 Å². The molecule has 0 radical (unpaired) electrons. The second-order valence-corrected chi connectivity index (χ2v) is 2.91. The van der Waals surface area contributed by atoms with Gasteiger partial charge in [0, 0.05) is 12.4 Å². The number of anilines is 2. The van der Waals surface area contributed by atoms with Crippen LogP contribution in [0.15, 0.2) is 36.7 Å². The number of para-hydroxylation sites is 1. The summed E-state index contributed by atoms with van der Waals surface area (Å²) in [7, 11) is 0. The maximum atomic E-state index is 10.9. The van der Waals surface area contributed by atoms with Crippen LogP contribution in [0.2, 0.25) is 0 Å². The highest BCUT2D eigenvalue weighted by atomic mass is 16.4. The number of carboxylic acid groups (broad SMARTS) is 1. The van der Waals surface area contributed by atoms with Gasteiger partial charge in [0.1, 0.15) is 0 Å². The van der Waals surface area contributed by atoms with E-state index in [4.69, 9.17) is 5.11 Å². The number of nitrogens with zero attached hydrogens (tertiary/aromatic N) is 1. The number of imidazole rings is 1. The van der Waals surface area contributed by atoms with Gasteiger partial charge in [-0.05, 0) is 12.1 Å². The Kier molecular flexibility index (Phi) is 2.37. The van der Waals surface area contributed by atoms with Gasteiger partial charge in [0.25, 0.3) is 0 Å². The standard InChI is InChI=1S/C10H9N3O2/c14-9(15)7-3-1-2-4-8(7)13-10-11-5-6-12-10/h1-6H,(H,14,15)(H2,11,12,13). The Morgan fingerprint density at radius 3 is 2.87 bits per heavy atom. The average Bonchev–Trinajstić information content (AvgIpc) is 2.71. The van der Waals surface area contributed by atoms with Gasteiger partial charge >= 0.3 is 5.97 Å². The van der Waals surface area contributed by atoms with Crippen LogP contribution in [0.5, 0.6) is 0 Å². The quantitative estimate of drug-likeness (QED) is 0.711. The molecule has 0 atom stereocenters. The van der Waals surface area contributed by atoms with Crippen LogP contribution in [0.1, 0.15) is 10.4 Å². The third kappa shape index (κ3) is 1.96. The van der Waals surface area contributed by atoms with E-state index in [9.17, 15) is 4.79 Å². The molecule has 3 N–H and O–H groups in total. The number of hydrogen-bond acceptors (Lipinski definition) is 3. The van der Waals surface area contributed by atoms with Crippen molar-refractivity contribution >= 4 is 17.6 Å². The van der Waals surface area contributed by atoms with E-state index >= 15 is 0 Å². The second kappa shape index (κ2) is 3.83. The number of rotatable bonds is 3. The third-order valence-corrected chi connectivity index (χ3v) is 1.91. The molecule has 0 saturated heterocycles. The van der Waals surface area contributed by atoms with Crippen molar-refractivity contribution in [1.82, 2.24) is 9.97 Å². The summed E-state index contributed by atoms with van der Waals surface area (Å²) in [4.78, 5) is 17.7. The first kappa shape index (κ1) is 9.26. The molecular formula is C10H9N3O2. The van der Waals surface area contributed by atoms with E-state index in [-0.39, 0.29) is 5.56 Å². The summed E-state index contributed by atoms with van der Waals surface area (Å²) in [5.41, 5.74) is 0.730. The Morgan fingerprint density at radius 2 is 2.20 bits per heavy atom. The Morgan fingerprint density at radius 1 is 1.40 bits per heavy atom. The number of carboxylic acids is 1. The van der Waals surface area contributed by atoms with Crippen molar-refractivity contribution < 1.29 is 9.90 Å². The van der Waals surface area contributed by atoms with Gasteiger partial charge < -0.3 is 15.4 Å². The summed E-state index contributed by atoms with van der Waals surface area (Å²) in [6.45, 7) is 0. The van der Waals surface area contributed by atoms with E-state index in [1.54, 1.807) is 30.6 Å². The fraction of sp³-hybridized carbons (Fsp3) is 0. The molecule has 0 aliphatic rings. The first-order valence-electron chi connectivity index (χ1n) is 4.36. The fourth-order valence-corrected chi connectivity index (χ4v) is 1.24. The van der Waals surface area contributed by atoms with Crippen LogP contribution >= 0.6 is 0 Å². The van der Waals surface area contributed by atoms with Crippen LogP contribution in [-0.2, 0) is 0 Å². The number of hydrogen-bond donors (Lipinski definition) is 3. The molecule has 5 heteroatoms. The van der Waals surface area contributed by atoms with E-state index in [0.29, 0.717) is 11.6 Å². The fourth-order valence-electron chi connectivity index (χ4n) is 1.24. The molecule has 2 rings (SSSR count). The number of H-pyrrole nitrogens is 1. The normalized spacial score (nSPS) is 9.87. The van der Waals surface area contributed by atoms with E-state index in [2.05, 4.69) is 15.3 Å². The second-order valence-electron chi connectivity index (χ2n) is 2.91. The van der Waals surface area contributed by atoms with Gasteiger partial charge in [-0.3, -0.25) is 0 Å². The van der Waals surface area contributed by atoms with Gasteiger partial charge in [-0.15, -0.1) is 0 Å². The molecule has 15 heavy (non-hydrogen) atoms. The van der Waals surface area contributed by atoms with Crippen LogP contribution in [0.4, 0.5) is 11.6 Å². The monoisotopic (exact) mass is 203 g/mol. The largest absolute Gasteiger partial charge is 0.478 e. The number of aromatic amines is 1. The Balaban J connectivity index is 2.32.